The molecule has 5 nitrogen and oxygen atoms in total. The van der Waals surface area contributed by atoms with E-state index in [-0.39, 0.29) is 5.91 Å². The molecule has 0 radical (unpaired) electrons. The standard InChI is InChI=1S/C18H26N4O/c1-13(19)17(11-20-2)12-22-18(23)16-5-3-14(4-6-16)15-7-9-21-10-8-15/h3-6,11,15,21H,7-10,12,19H2,1-2H3,(H,22,23). The molecule has 0 atom stereocenters. The predicted octanol–water partition coefficient (Wildman–Crippen LogP) is 1.82. The van der Waals surface area contributed by atoms with Gasteiger partial charge in [0.1, 0.15) is 0 Å². The van der Waals surface area contributed by atoms with Crippen LogP contribution in [-0.2, 0) is 0 Å². The summed E-state index contributed by atoms with van der Waals surface area (Å²) in [7, 11) is 1.68. The van der Waals surface area contributed by atoms with Crippen molar-refractivity contribution in [2.45, 2.75) is 25.7 Å². The summed E-state index contributed by atoms with van der Waals surface area (Å²) in [5.41, 5.74) is 9.26. The number of allylic oxidation sites excluding steroid dienone is 1. The van der Waals surface area contributed by atoms with E-state index >= 15 is 0 Å². The first-order chi connectivity index (χ1) is 11.1. The van der Waals surface area contributed by atoms with Crippen molar-refractivity contribution in [1.82, 2.24) is 10.6 Å². The van der Waals surface area contributed by atoms with E-state index < -0.39 is 0 Å². The fourth-order valence-electron chi connectivity index (χ4n) is 2.78. The Bertz CT molecular complexity index is 580. The number of piperidine rings is 1. The zero-order chi connectivity index (χ0) is 16.7. The highest BCUT2D eigenvalue weighted by Gasteiger charge is 2.15. The maximum absolute atomic E-state index is 12.2. The van der Waals surface area contributed by atoms with Gasteiger partial charge in [0.05, 0.1) is 0 Å². The number of aliphatic imine (C=N–C) groups is 1. The van der Waals surface area contributed by atoms with E-state index in [0.29, 0.717) is 23.7 Å². The molecule has 1 amide bonds. The van der Waals surface area contributed by atoms with Crippen molar-refractivity contribution >= 4 is 12.1 Å². The minimum absolute atomic E-state index is 0.0925. The van der Waals surface area contributed by atoms with Crippen molar-refractivity contribution in [3.05, 3.63) is 46.7 Å². The second-order valence-corrected chi connectivity index (χ2v) is 5.92. The first-order valence-electron chi connectivity index (χ1n) is 8.08. The van der Waals surface area contributed by atoms with Crippen LogP contribution in [0.2, 0.25) is 0 Å². The molecule has 0 bridgehead atoms. The highest BCUT2D eigenvalue weighted by molar-refractivity contribution is 5.95. The average molecular weight is 314 g/mol. The zero-order valence-corrected chi connectivity index (χ0v) is 13.9. The third-order valence-electron chi connectivity index (χ3n) is 4.21. The summed E-state index contributed by atoms with van der Waals surface area (Å²) in [6, 6.07) is 7.95. The molecule has 0 aromatic heterocycles. The van der Waals surface area contributed by atoms with Crippen LogP contribution < -0.4 is 16.4 Å². The van der Waals surface area contributed by atoms with E-state index in [1.807, 2.05) is 12.1 Å². The lowest BCUT2D eigenvalue weighted by Gasteiger charge is -2.23. The van der Waals surface area contributed by atoms with Crippen LogP contribution in [0.15, 0.2) is 40.5 Å². The fourth-order valence-corrected chi connectivity index (χ4v) is 2.78. The van der Waals surface area contributed by atoms with Crippen molar-refractivity contribution in [2.75, 3.05) is 26.7 Å². The van der Waals surface area contributed by atoms with Gasteiger partial charge in [0.2, 0.25) is 0 Å². The van der Waals surface area contributed by atoms with Gasteiger partial charge in [-0.3, -0.25) is 9.79 Å². The number of rotatable bonds is 5. The van der Waals surface area contributed by atoms with Gasteiger partial charge in [-0.25, -0.2) is 0 Å². The van der Waals surface area contributed by atoms with E-state index in [1.54, 1.807) is 20.2 Å². The van der Waals surface area contributed by atoms with Crippen LogP contribution in [-0.4, -0.2) is 38.8 Å². The number of carbonyl (C=O) groups excluding carboxylic acids is 1. The van der Waals surface area contributed by atoms with Crippen molar-refractivity contribution in [2.24, 2.45) is 10.7 Å². The lowest BCUT2D eigenvalue weighted by Crippen LogP contribution is -2.27. The molecule has 1 aliphatic heterocycles. The number of amides is 1. The largest absolute Gasteiger partial charge is 0.402 e. The molecule has 1 aromatic rings. The Morgan fingerprint density at radius 3 is 2.57 bits per heavy atom. The first-order valence-corrected chi connectivity index (χ1v) is 8.08. The van der Waals surface area contributed by atoms with Crippen molar-refractivity contribution in [3.8, 4) is 0 Å². The molecule has 1 aliphatic rings. The average Bonchev–Trinajstić information content (AvgIpc) is 2.59. The molecule has 1 saturated heterocycles. The van der Waals surface area contributed by atoms with E-state index in [4.69, 9.17) is 5.73 Å². The Hall–Kier alpha value is -2.14. The summed E-state index contributed by atoms with van der Waals surface area (Å²) in [6.45, 7) is 4.32. The Kier molecular flexibility index (Phi) is 6.35. The second-order valence-electron chi connectivity index (χ2n) is 5.92. The van der Waals surface area contributed by atoms with E-state index in [9.17, 15) is 4.79 Å². The Morgan fingerprint density at radius 1 is 1.35 bits per heavy atom. The topological polar surface area (TPSA) is 79.5 Å². The van der Waals surface area contributed by atoms with Crippen LogP contribution in [0.1, 0.15) is 41.6 Å². The maximum atomic E-state index is 12.2. The summed E-state index contributed by atoms with van der Waals surface area (Å²) in [6.07, 6.45) is 3.99. The highest BCUT2D eigenvalue weighted by Crippen LogP contribution is 2.25. The molecule has 0 aliphatic carbocycles. The van der Waals surface area contributed by atoms with Gasteiger partial charge in [-0.05, 0) is 56.5 Å². The van der Waals surface area contributed by atoms with Crippen molar-refractivity contribution in [1.29, 1.82) is 0 Å². The summed E-state index contributed by atoms with van der Waals surface area (Å²) in [5.74, 6) is 0.508. The summed E-state index contributed by atoms with van der Waals surface area (Å²) >= 11 is 0. The molecular weight excluding hydrogens is 288 g/mol. The smallest absolute Gasteiger partial charge is 0.251 e. The normalized spacial score (nSPS) is 17.1. The first kappa shape index (κ1) is 17.2. The van der Waals surface area contributed by atoms with Crippen LogP contribution in [0.25, 0.3) is 0 Å². The summed E-state index contributed by atoms with van der Waals surface area (Å²) in [5, 5.41) is 6.26. The fraction of sp³-hybridized carbons (Fsp3) is 0.444. The number of nitrogens with zero attached hydrogens (tertiary/aromatic N) is 1. The molecular formula is C18H26N4O. The van der Waals surface area contributed by atoms with Crippen molar-refractivity contribution < 1.29 is 4.79 Å². The molecule has 4 N–H and O–H groups in total. The van der Waals surface area contributed by atoms with Crippen LogP contribution in [0, 0.1) is 0 Å². The van der Waals surface area contributed by atoms with Gasteiger partial charge >= 0.3 is 0 Å². The molecule has 0 spiro atoms. The molecule has 1 heterocycles. The highest BCUT2D eigenvalue weighted by atomic mass is 16.1. The number of carbonyl (C=O) groups is 1. The predicted molar refractivity (Wildman–Crippen MR) is 94.9 cm³/mol. The molecule has 1 fully saturated rings. The van der Waals surface area contributed by atoms with Gasteiger partial charge in [0, 0.05) is 36.6 Å². The molecule has 5 heteroatoms. The molecule has 1 aromatic carbocycles. The van der Waals surface area contributed by atoms with Crippen LogP contribution in [0.5, 0.6) is 0 Å². The quantitative estimate of drug-likeness (QED) is 0.725. The van der Waals surface area contributed by atoms with Gasteiger partial charge < -0.3 is 16.4 Å². The number of hydrogen-bond donors (Lipinski definition) is 3. The van der Waals surface area contributed by atoms with Gasteiger partial charge in [-0.15, -0.1) is 0 Å². The monoisotopic (exact) mass is 314 g/mol. The second kappa shape index (κ2) is 8.48. The van der Waals surface area contributed by atoms with Crippen molar-refractivity contribution in [3.63, 3.8) is 0 Å². The lowest BCUT2D eigenvalue weighted by atomic mass is 9.90. The minimum Gasteiger partial charge on any atom is -0.402 e. The van der Waals surface area contributed by atoms with E-state index in [1.165, 1.54) is 5.56 Å². The number of hydrogen-bond acceptors (Lipinski definition) is 4. The molecule has 2 rings (SSSR count). The van der Waals surface area contributed by atoms with Crippen LogP contribution in [0.3, 0.4) is 0 Å². The number of nitrogens with one attached hydrogen (secondary N) is 2. The maximum Gasteiger partial charge on any atom is 0.251 e. The Labute approximate surface area is 138 Å². The van der Waals surface area contributed by atoms with Gasteiger partial charge in [0.25, 0.3) is 5.91 Å². The summed E-state index contributed by atoms with van der Waals surface area (Å²) < 4.78 is 0. The summed E-state index contributed by atoms with van der Waals surface area (Å²) in [4.78, 5) is 16.2. The SMILES string of the molecule is CN=CC(CNC(=O)c1ccc(C2CCNCC2)cc1)=C(C)N. The third-order valence-corrected chi connectivity index (χ3v) is 4.21. The third kappa shape index (κ3) is 4.93. The van der Waals surface area contributed by atoms with Crippen LogP contribution >= 0.6 is 0 Å². The molecule has 124 valence electrons. The Morgan fingerprint density at radius 2 is 2.00 bits per heavy atom. The minimum atomic E-state index is -0.0925. The van der Waals surface area contributed by atoms with Crippen LogP contribution in [0.4, 0.5) is 0 Å². The van der Waals surface area contributed by atoms with Gasteiger partial charge in [-0.2, -0.15) is 0 Å². The van der Waals surface area contributed by atoms with E-state index in [2.05, 4.69) is 27.8 Å². The zero-order valence-electron chi connectivity index (χ0n) is 13.9. The molecule has 0 unspecified atom stereocenters. The Balaban J connectivity index is 1.96. The van der Waals surface area contributed by atoms with E-state index in [0.717, 1.165) is 31.5 Å². The number of nitrogens with two attached hydrogens (primary N) is 1. The lowest BCUT2D eigenvalue weighted by molar-refractivity contribution is 0.0957. The molecule has 23 heavy (non-hydrogen) atoms. The number of benzene rings is 1. The van der Waals surface area contributed by atoms with Gasteiger partial charge in [-0.1, -0.05) is 12.1 Å². The van der Waals surface area contributed by atoms with Gasteiger partial charge in [0.15, 0.2) is 0 Å². The molecule has 0 saturated carbocycles.